The first kappa shape index (κ1) is 14.4. The monoisotopic (exact) mass is 334 g/mol. The second kappa shape index (κ2) is 6.92. The third kappa shape index (κ3) is 4.51. The summed E-state index contributed by atoms with van der Waals surface area (Å²) in [5, 5.41) is 0. The highest BCUT2D eigenvalue weighted by Gasteiger charge is 2.06. The molecular formula is C16H15BrOS. The zero-order valence-corrected chi connectivity index (χ0v) is 13.1. The van der Waals surface area contributed by atoms with E-state index in [1.165, 1.54) is 5.56 Å². The Balaban J connectivity index is 1.88. The second-order valence-electron chi connectivity index (χ2n) is 4.42. The molecule has 2 rings (SSSR count). The van der Waals surface area contributed by atoms with Crippen molar-refractivity contribution in [2.75, 3.05) is 5.75 Å². The Bertz CT molecular complexity index is 563. The summed E-state index contributed by atoms with van der Waals surface area (Å²) in [6.45, 7) is 2.05. The van der Waals surface area contributed by atoms with Crippen LogP contribution in [0.3, 0.4) is 0 Å². The Morgan fingerprint density at radius 1 is 1.11 bits per heavy atom. The van der Waals surface area contributed by atoms with Crippen LogP contribution in [0.5, 0.6) is 0 Å². The molecule has 0 spiro atoms. The van der Waals surface area contributed by atoms with E-state index >= 15 is 0 Å². The molecular weight excluding hydrogens is 320 g/mol. The van der Waals surface area contributed by atoms with Crippen LogP contribution in [0.2, 0.25) is 0 Å². The molecule has 0 aliphatic carbocycles. The highest BCUT2D eigenvalue weighted by molar-refractivity contribution is 9.10. The van der Waals surface area contributed by atoms with Crippen molar-refractivity contribution in [1.29, 1.82) is 0 Å². The Morgan fingerprint density at radius 2 is 1.79 bits per heavy atom. The van der Waals surface area contributed by atoms with E-state index in [-0.39, 0.29) is 5.78 Å². The number of carbonyl (C=O) groups excluding carboxylic acids is 1. The lowest BCUT2D eigenvalue weighted by atomic mass is 10.1. The van der Waals surface area contributed by atoms with Gasteiger partial charge in [-0.05, 0) is 40.5 Å². The van der Waals surface area contributed by atoms with Gasteiger partial charge in [-0.1, -0.05) is 42.0 Å². The number of ketones is 1. The number of benzene rings is 2. The maximum absolute atomic E-state index is 11.9. The van der Waals surface area contributed by atoms with E-state index in [1.807, 2.05) is 55.5 Å². The van der Waals surface area contributed by atoms with Gasteiger partial charge in [0.1, 0.15) is 5.78 Å². The van der Waals surface area contributed by atoms with Crippen LogP contribution >= 0.6 is 27.7 Å². The van der Waals surface area contributed by atoms with Crippen molar-refractivity contribution in [3.63, 3.8) is 0 Å². The molecule has 0 fully saturated rings. The van der Waals surface area contributed by atoms with E-state index < -0.39 is 0 Å². The lowest BCUT2D eigenvalue weighted by Gasteiger charge is -2.04. The van der Waals surface area contributed by atoms with Gasteiger partial charge in [-0.2, -0.15) is 0 Å². The zero-order valence-electron chi connectivity index (χ0n) is 10.7. The molecule has 0 saturated carbocycles. The van der Waals surface area contributed by atoms with Gasteiger partial charge in [-0.15, -0.1) is 11.8 Å². The van der Waals surface area contributed by atoms with Gasteiger partial charge in [0.25, 0.3) is 0 Å². The average molecular weight is 335 g/mol. The molecule has 2 aromatic rings. The third-order valence-corrected chi connectivity index (χ3v) is 4.83. The van der Waals surface area contributed by atoms with Crippen molar-refractivity contribution in [3.05, 3.63) is 64.1 Å². The first-order valence-electron chi connectivity index (χ1n) is 6.10. The lowest BCUT2D eigenvalue weighted by molar-refractivity contribution is -0.116. The van der Waals surface area contributed by atoms with E-state index in [0.717, 1.165) is 14.9 Å². The molecule has 0 amide bonds. The van der Waals surface area contributed by atoms with Crippen LogP contribution in [0.1, 0.15) is 11.1 Å². The summed E-state index contributed by atoms with van der Waals surface area (Å²) in [4.78, 5) is 13.1. The van der Waals surface area contributed by atoms with Gasteiger partial charge in [0.2, 0.25) is 0 Å². The summed E-state index contributed by atoms with van der Waals surface area (Å²) >= 11 is 5.07. The minimum atomic E-state index is 0.254. The fraction of sp³-hybridized carbons (Fsp3) is 0.188. The predicted octanol–water partition coefficient (Wildman–Crippen LogP) is 4.66. The molecule has 0 saturated heterocycles. The Labute approximate surface area is 126 Å². The third-order valence-electron chi connectivity index (χ3n) is 2.75. The molecule has 98 valence electrons. The van der Waals surface area contributed by atoms with Crippen molar-refractivity contribution in [1.82, 2.24) is 0 Å². The summed E-state index contributed by atoms with van der Waals surface area (Å²) < 4.78 is 1.04. The highest BCUT2D eigenvalue weighted by Crippen LogP contribution is 2.27. The van der Waals surface area contributed by atoms with Crippen molar-refractivity contribution in [3.8, 4) is 0 Å². The van der Waals surface area contributed by atoms with E-state index in [2.05, 4.69) is 15.9 Å². The first-order chi connectivity index (χ1) is 9.15. The van der Waals surface area contributed by atoms with Crippen LogP contribution in [-0.4, -0.2) is 11.5 Å². The summed E-state index contributed by atoms with van der Waals surface area (Å²) in [5.41, 5.74) is 2.31. The molecule has 0 unspecified atom stereocenters. The maximum atomic E-state index is 11.9. The lowest BCUT2D eigenvalue weighted by Crippen LogP contribution is -2.05. The smallest absolute Gasteiger partial charge is 0.147 e. The van der Waals surface area contributed by atoms with Crippen LogP contribution in [0.15, 0.2) is 57.9 Å². The summed E-state index contributed by atoms with van der Waals surface area (Å²) in [7, 11) is 0. The van der Waals surface area contributed by atoms with Gasteiger partial charge in [0, 0.05) is 15.8 Å². The van der Waals surface area contributed by atoms with Crippen molar-refractivity contribution < 1.29 is 4.79 Å². The van der Waals surface area contributed by atoms with Crippen molar-refractivity contribution in [2.24, 2.45) is 0 Å². The van der Waals surface area contributed by atoms with Crippen LogP contribution in [0, 0.1) is 6.92 Å². The number of hydrogen-bond donors (Lipinski definition) is 0. The predicted molar refractivity (Wildman–Crippen MR) is 84.8 cm³/mol. The number of carbonyl (C=O) groups is 1. The molecule has 19 heavy (non-hydrogen) atoms. The number of Topliss-reactive ketones (excluding diaryl/α,β-unsaturated/α-hetero) is 1. The molecule has 1 nitrogen and oxygen atoms in total. The van der Waals surface area contributed by atoms with E-state index in [4.69, 9.17) is 0 Å². The SMILES string of the molecule is Cc1ccc(CC(=O)CSc2ccccc2Br)cc1. The number of rotatable bonds is 5. The van der Waals surface area contributed by atoms with Crippen LogP contribution < -0.4 is 0 Å². The molecule has 0 aliphatic rings. The van der Waals surface area contributed by atoms with Gasteiger partial charge in [-0.25, -0.2) is 0 Å². The fourth-order valence-corrected chi connectivity index (χ4v) is 3.13. The molecule has 0 N–H and O–H groups in total. The summed E-state index contributed by atoms with van der Waals surface area (Å²) in [6, 6.07) is 16.1. The minimum Gasteiger partial charge on any atom is -0.298 e. The standard InChI is InChI=1S/C16H15BrOS/c1-12-6-8-13(9-7-12)10-14(18)11-19-16-5-3-2-4-15(16)17/h2-9H,10-11H2,1H3. The topological polar surface area (TPSA) is 17.1 Å². The Morgan fingerprint density at radius 3 is 2.47 bits per heavy atom. The highest BCUT2D eigenvalue weighted by atomic mass is 79.9. The molecule has 0 aromatic heterocycles. The van der Waals surface area contributed by atoms with E-state index in [0.29, 0.717) is 12.2 Å². The van der Waals surface area contributed by atoms with Gasteiger partial charge in [0.05, 0.1) is 5.75 Å². The molecule has 0 bridgehead atoms. The van der Waals surface area contributed by atoms with Gasteiger partial charge in [0.15, 0.2) is 0 Å². The Kier molecular flexibility index (Phi) is 5.23. The number of aryl methyl sites for hydroxylation is 1. The van der Waals surface area contributed by atoms with Gasteiger partial charge in [-0.3, -0.25) is 4.79 Å². The normalized spacial score (nSPS) is 10.4. The largest absolute Gasteiger partial charge is 0.298 e. The van der Waals surface area contributed by atoms with Gasteiger partial charge < -0.3 is 0 Å². The molecule has 2 aromatic carbocycles. The molecule has 0 atom stereocenters. The Hall–Kier alpha value is -1.06. The van der Waals surface area contributed by atoms with E-state index in [9.17, 15) is 4.79 Å². The van der Waals surface area contributed by atoms with Crippen LogP contribution in [0.25, 0.3) is 0 Å². The molecule has 0 radical (unpaired) electrons. The van der Waals surface area contributed by atoms with Crippen LogP contribution in [0.4, 0.5) is 0 Å². The molecule has 0 heterocycles. The van der Waals surface area contributed by atoms with Crippen molar-refractivity contribution >= 4 is 33.5 Å². The zero-order chi connectivity index (χ0) is 13.7. The van der Waals surface area contributed by atoms with Crippen molar-refractivity contribution in [2.45, 2.75) is 18.2 Å². The van der Waals surface area contributed by atoms with Gasteiger partial charge >= 0.3 is 0 Å². The fourth-order valence-electron chi connectivity index (χ4n) is 1.70. The average Bonchev–Trinajstić information content (AvgIpc) is 2.40. The minimum absolute atomic E-state index is 0.254. The van der Waals surface area contributed by atoms with E-state index in [1.54, 1.807) is 11.8 Å². The summed E-state index contributed by atoms with van der Waals surface area (Å²) in [5.74, 6) is 0.765. The molecule has 3 heteroatoms. The van der Waals surface area contributed by atoms with Crippen LogP contribution in [-0.2, 0) is 11.2 Å². The first-order valence-corrected chi connectivity index (χ1v) is 7.87. The second-order valence-corrected chi connectivity index (χ2v) is 6.29. The maximum Gasteiger partial charge on any atom is 0.147 e. The number of hydrogen-bond acceptors (Lipinski definition) is 2. The summed E-state index contributed by atoms with van der Waals surface area (Å²) in [6.07, 6.45) is 0.512. The molecule has 0 aliphatic heterocycles. The number of halogens is 1. The quantitative estimate of drug-likeness (QED) is 0.739. The number of thioether (sulfide) groups is 1.